The highest BCUT2D eigenvalue weighted by Gasteiger charge is 2.51. The van der Waals surface area contributed by atoms with E-state index < -0.39 is 26.5 Å². The number of benzene rings is 1. The summed E-state index contributed by atoms with van der Waals surface area (Å²) in [6.45, 7) is 0. The van der Waals surface area contributed by atoms with Crippen molar-refractivity contribution < 1.29 is 9.59 Å². The van der Waals surface area contributed by atoms with Crippen LogP contribution in [0.25, 0.3) is 0 Å². The molecule has 0 bridgehead atoms. The molecule has 3 amide bonds. The van der Waals surface area contributed by atoms with Gasteiger partial charge in [0.05, 0.1) is 0 Å². The molecule has 1 fully saturated rings. The van der Waals surface area contributed by atoms with Crippen LogP contribution in [0.15, 0.2) is 30.3 Å². The van der Waals surface area contributed by atoms with Crippen LogP contribution in [-0.2, 0) is 4.79 Å². The third-order valence-electron chi connectivity index (χ3n) is 3.28. The Labute approximate surface area is 130 Å². The van der Waals surface area contributed by atoms with Gasteiger partial charge in [-0.1, -0.05) is 30.3 Å². The van der Waals surface area contributed by atoms with E-state index in [4.69, 9.17) is 0 Å². The Morgan fingerprint density at radius 2 is 1.38 bits per heavy atom. The van der Waals surface area contributed by atoms with Crippen molar-refractivity contribution >= 4 is 32.4 Å². The van der Waals surface area contributed by atoms with Crippen molar-refractivity contribution in [1.29, 1.82) is 0 Å². The van der Waals surface area contributed by atoms with Gasteiger partial charge in [0, 0.05) is 0 Å². The number of rotatable bonds is 3. The van der Waals surface area contributed by atoms with E-state index >= 15 is 0 Å². The maximum Gasteiger partial charge on any atom is 0.345 e. The quantitative estimate of drug-likeness (QED) is 0.800. The number of amides is 3. The summed E-state index contributed by atoms with van der Waals surface area (Å²) in [7, 11) is -2.77. The Kier molecular flexibility index (Phi) is 4.06. The zero-order valence-electron chi connectivity index (χ0n) is 13.5. The molecule has 1 aromatic rings. The van der Waals surface area contributed by atoms with E-state index in [1.54, 1.807) is 4.31 Å². The van der Waals surface area contributed by atoms with Crippen LogP contribution in [0.1, 0.15) is 11.6 Å². The Morgan fingerprint density at radius 1 is 0.857 bits per heavy atom. The Hall–Kier alpha value is -1.14. The zero-order valence-corrected chi connectivity index (χ0v) is 15.1. The highest BCUT2D eigenvalue weighted by molar-refractivity contribution is 8.32. The minimum Gasteiger partial charge on any atom is -0.271 e. The molecule has 0 aliphatic carbocycles. The molecule has 1 saturated heterocycles. The van der Waals surface area contributed by atoms with Crippen molar-refractivity contribution in [3.63, 3.8) is 0 Å². The van der Waals surface area contributed by atoms with Crippen LogP contribution in [0.5, 0.6) is 0 Å². The lowest BCUT2D eigenvalue weighted by atomic mass is 10.1. The molecule has 21 heavy (non-hydrogen) atoms. The summed E-state index contributed by atoms with van der Waals surface area (Å²) in [6.07, 6.45) is 12.1. The minimum atomic E-state index is -1.43. The van der Waals surface area contributed by atoms with Crippen molar-refractivity contribution in [1.82, 2.24) is 8.61 Å². The van der Waals surface area contributed by atoms with Gasteiger partial charge in [-0.05, 0) is 43.1 Å². The molecule has 1 aliphatic heterocycles. The molecule has 1 heterocycles. The highest BCUT2D eigenvalue weighted by Crippen LogP contribution is 2.55. The Morgan fingerprint density at radius 3 is 1.81 bits per heavy atom. The van der Waals surface area contributed by atoms with Gasteiger partial charge >= 0.3 is 6.03 Å². The number of nitrogens with zero attached hydrogens (tertiary/aromatic N) is 2. The van der Waals surface area contributed by atoms with Crippen molar-refractivity contribution in [2.45, 2.75) is 6.04 Å². The first-order valence-corrected chi connectivity index (χ1v) is 12.3. The van der Waals surface area contributed by atoms with Crippen LogP contribution >= 0.6 is 20.4 Å². The third-order valence-corrected chi connectivity index (χ3v) is 6.26. The lowest BCUT2D eigenvalue weighted by molar-refractivity contribution is -0.124. The van der Waals surface area contributed by atoms with Gasteiger partial charge in [0.2, 0.25) is 0 Å². The molecule has 118 valence electrons. The van der Waals surface area contributed by atoms with Crippen molar-refractivity contribution in [3.05, 3.63) is 35.9 Å². The Balaban J connectivity index is 2.56. The van der Waals surface area contributed by atoms with Crippen LogP contribution in [-0.4, -0.2) is 58.1 Å². The SMILES string of the molecule is CS(C)(C)N1C(=O)C(c2ccccc2)N(S(C)(C)C)C1=O. The molecular weight excluding hydrogens is 304 g/mol. The Bertz CT molecular complexity index is 561. The molecule has 0 radical (unpaired) electrons. The second-order valence-corrected chi connectivity index (χ2v) is 14.4. The first kappa shape index (κ1) is 16.2. The normalized spacial score (nSPS) is 21.9. The molecule has 1 aromatic carbocycles. The van der Waals surface area contributed by atoms with Crippen LogP contribution < -0.4 is 0 Å². The molecule has 1 aliphatic rings. The molecule has 1 atom stereocenters. The van der Waals surface area contributed by atoms with Crippen molar-refractivity contribution in [3.8, 4) is 0 Å². The van der Waals surface area contributed by atoms with E-state index in [1.165, 1.54) is 4.31 Å². The van der Waals surface area contributed by atoms with E-state index in [9.17, 15) is 9.59 Å². The van der Waals surface area contributed by atoms with Gasteiger partial charge < -0.3 is 0 Å². The van der Waals surface area contributed by atoms with Gasteiger partial charge in [-0.2, -0.15) is 20.4 Å². The number of hydrogen-bond acceptors (Lipinski definition) is 2. The summed E-state index contributed by atoms with van der Waals surface area (Å²) in [5.74, 6) is -0.0869. The first-order chi connectivity index (χ1) is 9.55. The lowest BCUT2D eigenvalue weighted by Gasteiger charge is -2.40. The van der Waals surface area contributed by atoms with E-state index in [1.807, 2.05) is 49.1 Å². The predicted octanol–water partition coefficient (Wildman–Crippen LogP) is 3.21. The number of carbonyl (C=O) groups is 2. The van der Waals surface area contributed by atoms with Gasteiger partial charge in [0.15, 0.2) is 0 Å². The topological polar surface area (TPSA) is 40.6 Å². The average Bonchev–Trinajstić information content (AvgIpc) is 2.60. The summed E-state index contributed by atoms with van der Waals surface area (Å²) < 4.78 is 3.28. The van der Waals surface area contributed by atoms with Gasteiger partial charge in [-0.3, -0.25) is 9.10 Å². The fourth-order valence-corrected chi connectivity index (χ4v) is 5.12. The van der Waals surface area contributed by atoms with E-state index in [0.29, 0.717) is 0 Å². The molecule has 6 heteroatoms. The predicted molar refractivity (Wildman–Crippen MR) is 94.0 cm³/mol. The molecule has 0 N–H and O–H groups in total. The highest BCUT2D eigenvalue weighted by atomic mass is 32.3. The van der Waals surface area contributed by atoms with Gasteiger partial charge in [-0.15, -0.1) is 0 Å². The summed E-state index contributed by atoms with van der Waals surface area (Å²) in [5, 5.41) is 0. The molecule has 4 nitrogen and oxygen atoms in total. The second kappa shape index (κ2) is 5.25. The summed E-state index contributed by atoms with van der Waals surface area (Å²) in [4.78, 5) is 25.8. The number of urea groups is 1. The molecule has 2 rings (SSSR count). The maximum atomic E-state index is 12.9. The molecule has 0 spiro atoms. The van der Waals surface area contributed by atoms with E-state index in [-0.39, 0.29) is 11.9 Å². The van der Waals surface area contributed by atoms with E-state index in [2.05, 4.69) is 18.8 Å². The van der Waals surface area contributed by atoms with E-state index in [0.717, 1.165) is 5.56 Å². The second-order valence-electron chi connectivity index (χ2n) is 6.60. The smallest absolute Gasteiger partial charge is 0.271 e. The van der Waals surface area contributed by atoms with Gasteiger partial charge in [-0.25, -0.2) is 9.10 Å². The fraction of sp³-hybridized carbons (Fsp3) is 0.467. The standard InChI is InChI=1S/C15H24N2O2S2/c1-20(2,3)16-13(12-10-8-7-9-11-12)14(18)17(15(16)19)21(4,5)6/h7-11,13H,1-6H3. The summed E-state index contributed by atoms with van der Waals surface area (Å²) >= 11 is 0. The molecular formula is C15H24N2O2S2. The summed E-state index contributed by atoms with van der Waals surface area (Å²) in [5.41, 5.74) is 0.893. The molecule has 1 unspecified atom stereocenters. The molecule has 0 aromatic heterocycles. The van der Waals surface area contributed by atoms with Crippen molar-refractivity contribution in [2.24, 2.45) is 0 Å². The number of carbonyl (C=O) groups excluding carboxylic acids is 2. The van der Waals surface area contributed by atoms with Crippen molar-refractivity contribution in [2.75, 3.05) is 37.5 Å². The van der Waals surface area contributed by atoms with Gasteiger partial charge in [0.25, 0.3) is 5.91 Å². The third kappa shape index (κ3) is 2.92. The van der Waals surface area contributed by atoms with Crippen LogP contribution in [0.2, 0.25) is 0 Å². The number of imide groups is 1. The first-order valence-electron chi connectivity index (χ1n) is 6.64. The summed E-state index contributed by atoms with van der Waals surface area (Å²) in [6, 6.07) is 8.97. The van der Waals surface area contributed by atoms with Crippen LogP contribution in [0.4, 0.5) is 4.79 Å². The fourth-order valence-electron chi connectivity index (χ4n) is 2.47. The molecule has 0 saturated carbocycles. The monoisotopic (exact) mass is 328 g/mol. The minimum absolute atomic E-state index is 0.0869. The van der Waals surface area contributed by atoms with Crippen LogP contribution in [0, 0.1) is 0 Å². The van der Waals surface area contributed by atoms with Crippen LogP contribution in [0.3, 0.4) is 0 Å². The largest absolute Gasteiger partial charge is 0.345 e. The number of hydrogen-bond donors (Lipinski definition) is 0. The maximum absolute atomic E-state index is 12.9. The average molecular weight is 329 g/mol. The lowest BCUT2D eigenvalue weighted by Crippen LogP contribution is -2.35. The zero-order chi connectivity index (χ0) is 16.0. The van der Waals surface area contributed by atoms with Gasteiger partial charge in [0.1, 0.15) is 6.04 Å².